The fourth-order valence-corrected chi connectivity index (χ4v) is 4.93. The summed E-state index contributed by atoms with van der Waals surface area (Å²) in [4.78, 5) is 6.67. The van der Waals surface area contributed by atoms with Gasteiger partial charge < -0.3 is 9.30 Å². The van der Waals surface area contributed by atoms with E-state index in [-0.39, 0.29) is 11.8 Å². The normalized spacial score (nSPS) is 19.7. The van der Waals surface area contributed by atoms with Crippen molar-refractivity contribution >= 4 is 9.84 Å². The van der Waals surface area contributed by atoms with E-state index in [9.17, 15) is 8.42 Å². The standard InChI is InChI=1S/C17H23N3O3S/c1-3-19(15-8-11-24(21,22)13-15)12-17-18-9-10-20(17)14-4-6-16(23-2)7-5-14/h4-7,9-10,15H,3,8,11-13H2,1-2H3/t15-/m0/s1. The van der Waals surface area contributed by atoms with Gasteiger partial charge in [0.25, 0.3) is 0 Å². The Bertz CT molecular complexity index is 784. The van der Waals surface area contributed by atoms with Gasteiger partial charge in [0.05, 0.1) is 25.2 Å². The summed E-state index contributed by atoms with van der Waals surface area (Å²) in [7, 11) is -1.24. The lowest BCUT2D eigenvalue weighted by Crippen LogP contribution is -2.36. The third-order valence-electron chi connectivity index (χ3n) is 4.54. The number of ether oxygens (including phenoxy) is 1. The average molecular weight is 349 g/mol. The molecule has 1 fully saturated rings. The summed E-state index contributed by atoms with van der Waals surface area (Å²) in [6.45, 7) is 3.50. The first-order chi connectivity index (χ1) is 11.5. The highest BCUT2D eigenvalue weighted by Gasteiger charge is 2.32. The van der Waals surface area contributed by atoms with Gasteiger partial charge in [0, 0.05) is 24.1 Å². The Morgan fingerprint density at radius 1 is 1.33 bits per heavy atom. The number of rotatable bonds is 6. The molecular formula is C17H23N3O3S. The van der Waals surface area contributed by atoms with E-state index in [4.69, 9.17) is 4.74 Å². The van der Waals surface area contributed by atoms with Crippen LogP contribution in [0.25, 0.3) is 5.69 Å². The molecule has 2 heterocycles. The lowest BCUT2D eigenvalue weighted by atomic mass is 10.2. The van der Waals surface area contributed by atoms with Crippen molar-refractivity contribution in [3.05, 3.63) is 42.5 Å². The molecule has 7 heteroatoms. The number of methoxy groups -OCH3 is 1. The highest BCUT2D eigenvalue weighted by atomic mass is 32.2. The van der Waals surface area contributed by atoms with Crippen LogP contribution in [-0.4, -0.2) is 54.1 Å². The molecular weight excluding hydrogens is 326 g/mol. The monoisotopic (exact) mass is 349 g/mol. The molecule has 1 aromatic carbocycles. The summed E-state index contributed by atoms with van der Waals surface area (Å²) in [5.74, 6) is 2.27. The Morgan fingerprint density at radius 3 is 2.67 bits per heavy atom. The van der Waals surface area contributed by atoms with E-state index in [0.29, 0.717) is 18.7 Å². The van der Waals surface area contributed by atoms with Crippen LogP contribution in [0.5, 0.6) is 5.75 Å². The van der Waals surface area contributed by atoms with Crippen LogP contribution in [-0.2, 0) is 16.4 Å². The predicted octanol–water partition coefficient (Wildman–Crippen LogP) is 1.89. The molecule has 3 rings (SSSR count). The fourth-order valence-electron chi connectivity index (χ4n) is 3.17. The third-order valence-corrected chi connectivity index (χ3v) is 6.29. The lowest BCUT2D eigenvalue weighted by molar-refractivity contribution is 0.208. The topological polar surface area (TPSA) is 64.4 Å². The predicted molar refractivity (Wildman–Crippen MR) is 93.3 cm³/mol. The van der Waals surface area contributed by atoms with Gasteiger partial charge in [-0.3, -0.25) is 4.90 Å². The summed E-state index contributed by atoms with van der Waals surface area (Å²) in [5, 5.41) is 0. The van der Waals surface area contributed by atoms with Gasteiger partial charge in [-0.1, -0.05) is 6.92 Å². The van der Waals surface area contributed by atoms with Crippen LogP contribution >= 0.6 is 0 Å². The van der Waals surface area contributed by atoms with Crippen molar-refractivity contribution < 1.29 is 13.2 Å². The molecule has 0 saturated carbocycles. The number of imidazole rings is 1. The van der Waals surface area contributed by atoms with Crippen molar-refractivity contribution in [3.8, 4) is 11.4 Å². The Balaban J connectivity index is 1.79. The smallest absolute Gasteiger partial charge is 0.151 e. The first-order valence-electron chi connectivity index (χ1n) is 8.13. The summed E-state index contributed by atoms with van der Waals surface area (Å²) in [6.07, 6.45) is 4.41. The SMILES string of the molecule is CCN(Cc1nccn1-c1ccc(OC)cc1)[C@H]1CCS(=O)(=O)C1. The average Bonchev–Trinajstić information content (AvgIpc) is 3.18. The van der Waals surface area contributed by atoms with Gasteiger partial charge in [-0.15, -0.1) is 0 Å². The Labute approximate surface area is 143 Å². The van der Waals surface area contributed by atoms with Crippen LogP contribution in [0.1, 0.15) is 19.2 Å². The Morgan fingerprint density at radius 2 is 2.08 bits per heavy atom. The molecule has 0 radical (unpaired) electrons. The molecule has 24 heavy (non-hydrogen) atoms. The van der Waals surface area contributed by atoms with Gasteiger partial charge in [-0.2, -0.15) is 0 Å². The molecule has 0 bridgehead atoms. The molecule has 0 N–H and O–H groups in total. The molecule has 0 amide bonds. The summed E-state index contributed by atoms with van der Waals surface area (Å²) in [6, 6.07) is 7.89. The zero-order chi connectivity index (χ0) is 17.2. The van der Waals surface area contributed by atoms with Crippen LogP contribution in [0.2, 0.25) is 0 Å². The number of benzene rings is 1. The molecule has 0 unspecified atom stereocenters. The minimum atomic E-state index is -2.88. The maximum Gasteiger partial charge on any atom is 0.151 e. The van der Waals surface area contributed by atoms with Gasteiger partial charge in [0.2, 0.25) is 0 Å². The maximum absolute atomic E-state index is 11.8. The first-order valence-corrected chi connectivity index (χ1v) is 9.95. The van der Waals surface area contributed by atoms with Crippen molar-refractivity contribution in [2.75, 3.05) is 25.2 Å². The molecule has 1 atom stereocenters. The molecule has 1 aliphatic heterocycles. The van der Waals surface area contributed by atoms with Crippen molar-refractivity contribution in [2.24, 2.45) is 0 Å². The molecule has 1 saturated heterocycles. The van der Waals surface area contributed by atoms with Gasteiger partial charge in [0.1, 0.15) is 11.6 Å². The van der Waals surface area contributed by atoms with Gasteiger partial charge in [-0.25, -0.2) is 13.4 Å². The van der Waals surface area contributed by atoms with Crippen molar-refractivity contribution in [2.45, 2.75) is 25.9 Å². The zero-order valence-electron chi connectivity index (χ0n) is 14.1. The van der Waals surface area contributed by atoms with Crippen LogP contribution in [0, 0.1) is 0 Å². The van der Waals surface area contributed by atoms with Crippen LogP contribution in [0.3, 0.4) is 0 Å². The summed E-state index contributed by atoms with van der Waals surface area (Å²) >= 11 is 0. The number of hydrogen-bond donors (Lipinski definition) is 0. The number of sulfone groups is 1. The Kier molecular flexibility index (Phi) is 4.91. The lowest BCUT2D eigenvalue weighted by Gasteiger charge is -2.26. The van der Waals surface area contributed by atoms with Crippen LogP contribution < -0.4 is 4.74 Å². The summed E-state index contributed by atoms with van der Waals surface area (Å²) in [5.41, 5.74) is 1.01. The quantitative estimate of drug-likeness (QED) is 0.797. The molecule has 2 aromatic rings. The van der Waals surface area contributed by atoms with E-state index in [0.717, 1.165) is 23.8 Å². The second-order valence-corrected chi connectivity index (χ2v) is 8.26. The molecule has 1 aliphatic rings. The van der Waals surface area contributed by atoms with E-state index >= 15 is 0 Å². The third kappa shape index (κ3) is 3.62. The molecule has 1 aromatic heterocycles. The number of aromatic nitrogens is 2. The van der Waals surface area contributed by atoms with E-state index in [1.165, 1.54) is 0 Å². The summed E-state index contributed by atoms with van der Waals surface area (Å²) < 4.78 is 30.7. The van der Waals surface area contributed by atoms with E-state index in [1.807, 2.05) is 35.0 Å². The van der Waals surface area contributed by atoms with Crippen molar-refractivity contribution in [1.82, 2.24) is 14.5 Å². The maximum atomic E-state index is 11.8. The first kappa shape index (κ1) is 17.0. The second kappa shape index (κ2) is 6.94. The van der Waals surface area contributed by atoms with E-state index in [2.05, 4.69) is 16.8 Å². The highest BCUT2D eigenvalue weighted by Crippen LogP contribution is 2.21. The minimum Gasteiger partial charge on any atom is -0.497 e. The molecule has 0 spiro atoms. The van der Waals surface area contributed by atoms with Crippen molar-refractivity contribution in [1.29, 1.82) is 0 Å². The number of hydrogen-bond acceptors (Lipinski definition) is 5. The van der Waals surface area contributed by atoms with Crippen molar-refractivity contribution in [3.63, 3.8) is 0 Å². The Hall–Kier alpha value is -1.86. The van der Waals surface area contributed by atoms with E-state index < -0.39 is 9.84 Å². The molecule has 0 aliphatic carbocycles. The van der Waals surface area contributed by atoms with Gasteiger partial charge in [0.15, 0.2) is 9.84 Å². The van der Waals surface area contributed by atoms with Crippen LogP contribution in [0.4, 0.5) is 0 Å². The highest BCUT2D eigenvalue weighted by molar-refractivity contribution is 7.91. The van der Waals surface area contributed by atoms with Gasteiger partial charge >= 0.3 is 0 Å². The largest absolute Gasteiger partial charge is 0.497 e. The second-order valence-electron chi connectivity index (χ2n) is 6.03. The van der Waals surface area contributed by atoms with E-state index in [1.54, 1.807) is 13.3 Å². The molecule has 130 valence electrons. The fraction of sp³-hybridized carbons (Fsp3) is 0.471. The number of nitrogens with zero attached hydrogens (tertiary/aromatic N) is 3. The van der Waals surface area contributed by atoms with Gasteiger partial charge in [-0.05, 0) is 37.2 Å². The molecule has 6 nitrogen and oxygen atoms in total. The minimum absolute atomic E-state index is 0.0843. The van der Waals surface area contributed by atoms with Crippen LogP contribution in [0.15, 0.2) is 36.7 Å². The zero-order valence-corrected chi connectivity index (χ0v) is 14.9.